The smallest absolute Gasteiger partial charge is 0.358 e. The zero-order chi connectivity index (χ0) is 15.9. The van der Waals surface area contributed by atoms with Crippen molar-refractivity contribution in [3.05, 3.63) is 46.0 Å². The number of hydrogen-bond acceptors (Lipinski definition) is 2. The van der Waals surface area contributed by atoms with Gasteiger partial charge in [-0.15, -0.1) is 0 Å². The first-order valence-corrected chi connectivity index (χ1v) is 6.28. The third-order valence-corrected chi connectivity index (χ3v) is 3.20. The van der Waals surface area contributed by atoms with E-state index in [4.69, 9.17) is 16.7 Å². The van der Waals surface area contributed by atoms with Crippen LogP contribution in [0.5, 0.6) is 0 Å². The van der Waals surface area contributed by atoms with Gasteiger partial charge in [-0.05, 0) is 5.92 Å². The number of rotatable bonds is 3. The Balaban J connectivity index is 2.77. The number of carboxylic acids is 1. The van der Waals surface area contributed by atoms with E-state index in [2.05, 4.69) is 5.10 Å². The van der Waals surface area contributed by atoms with Gasteiger partial charge < -0.3 is 5.11 Å². The van der Waals surface area contributed by atoms with Crippen LogP contribution >= 0.6 is 11.6 Å². The fourth-order valence-electron chi connectivity index (χ4n) is 1.90. The second kappa shape index (κ2) is 5.40. The highest BCUT2D eigenvalue weighted by Gasteiger charge is 2.25. The fourth-order valence-corrected chi connectivity index (χ4v) is 2.32. The van der Waals surface area contributed by atoms with Crippen LogP contribution in [0.4, 0.5) is 13.2 Å². The van der Waals surface area contributed by atoms with Crippen LogP contribution in [0.25, 0.3) is 5.69 Å². The van der Waals surface area contributed by atoms with E-state index in [0.717, 1.165) is 4.68 Å². The van der Waals surface area contributed by atoms with Gasteiger partial charge in [-0.2, -0.15) is 5.10 Å². The van der Waals surface area contributed by atoms with E-state index in [-0.39, 0.29) is 16.6 Å². The van der Waals surface area contributed by atoms with Gasteiger partial charge in [0.2, 0.25) is 0 Å². The lowest BCUT2D eigenvalue weighted by Crippen LogP contribution is -2.08. The van der Waals surface area contributed by atoms with Crippen molar-refractivity contribution < 1.29 is 23.1 Å². The maximum atomic E-state index is 13.8. The van der Waals surface area contributed by atoms with Gasteiger partial charge in [-0.1, -0.05) is 25.4 Å². The van der Waals surface area contributed by atoms with Crippen LogP contribution in [-0.2, 0) is 0 Å². The first kappa shape index (κ1) is 15.4. The summed E-state index contributed by atoms with van der Waals surface area (Å²) in [6, 6.07) is 0.969. The molecule has 2 rings (SSSR count). The lowest BCUT2D eigenvalue weighted by atomic mass is 10.1. The zero-order valence-corrected chi connectivity index (χ0v) is 11.7. The van der Waals surface area contributed by atoms with E-state index in [1.165, 1.54) is 0 Å². The molecule has 8 heteroatoms. The summed E-state index contributed by atoms with van der Waals surface area (Å²) >= 11 is 5.94. The maximum absolute atomic E-state index is 13.8. The molecule has 0 bridgehead atoms. The molecule has 0 fully saturated rings. The van der Waals surface area contributed by atoms with Crippen molar-refractivity contribution in [2.24, 2.45) is 0 Å². The Bertz CT molecular complexity index is 729. The Labute approximate surface area is 122 Å². The molecule has 0 aliphatic heterocycles. The summed E-state index contributed by atoms with van der Waals surface area (Å²) in [5, 5.41) is 12.5. The highest BCUT2D eigenvalue weighted by molar-refractivity contribution is 6.34. The van der Waals surface area contributed by atoms with E-state index in [1.54, 1.807) is 13.8 Å². The average molecular weight is 319 g/mol. The van der Waals surface area contributed by atoms with Gasteiger partial charge in [-0.25, -0.2) is 22.6 Å². The molecule has 4 nitrogen and oxygen atoms in total. The summed E-state index contributed by atoms with van der Waals surface area (Å²) in [5.41, 5.74) is -0.699. The van der Waals surface area contributed by atoms with E-state index >= 15 is 0 Å². The molecule has 0 radical (unpaired) electrons. The molecule has 1 N–H and O–H groups in total. The number of hydrogen-bond donors (Lipinski definition) is 1. The molecular weight excluding hydrogens is 309 g/mol. The minimum atomic E-state index is -1.40. The second-order valence-corrected chi connectivity index (χ2v) is 5.02. The van der Waals surface area contributed by atoms with Crippen molar-refractivity contribution in [1.82, 2.24) is 9.78 Å². The molecule has 112 valence electrons. The summed E-state index contributed by atoms with van der Waals surface area (Å²) < 4.78 is 41.0. The summed E-state index contributed by atoms with van der Waals surface area (Å²) in [6.07, 6.45) is 0. The Kier molecular flexibility index (Phi) is 3.95. The fraction of sp³-hybridized carbons (Fsp3) is 0.231. The van der Waals surface area contributed by atoms with Crippen molar-refractivity contribution in [2.45, 2.75) is 19.8 Å². The molecule has 0 spiro atoms. The number of aromatic nitrogens is 2. The largest absolute Gasteiger partial charge is 0.476 e. The van der Waals surface area contributed by atoms with Crippen LogP contribution in [0.1, 0.15) is 35.9 Å². The second-order valence-electron chi connectivity index (χ2n) is 4.64. The summed E-state index contributed by atoms with van der Waals surface area (Å²) in [7, 11) is 0. The minimum Gasteiger partial charge on any atom is -0.476 e. The Morgan fingerprint density at radius 2 is 1.81 bits per heavy atom. The zero-order valence-electron chi connectivity index (χ0n) is 11.0. The number of benzene rings is 1. The average Bonchev–Trinajstić information content (AvgIpc) is 2.71. The molecule has 0 saturated heterocycles. The molecule has 2 aromatic rings. The lowest BCUT2D eigenvalue weighted by molar-refractivity contribution is 0.0690. The van der Waals surface area contributed by atoms with Crippen LogP contribution in [-0.4, -0.2) is 20.9 Å². The van der Waals surface area contributed by atoms with Crippen molar-refractivity contribution in [3.63, 3.8) is 0 Å². The lowest BCUT2D eigenvalue weighted by Gasteiger charge is -2.11. The highest BCUT2D eigenvalue weighted by atomic mass is 35.5. The quantitative estimate of drug-likeness (QED) is 0.877. The minimum absolute atomic E-state index is 0.165. The molecule has 0 aliphatic carbocycles. The normalized spacial score (nSPS) is 11.2. The molecule has 0 atom stereocenters. The monoisotopic (exact) mass is 318 g/mol. The van der Waals surface area contributed by atoms with Crippen LogP contribution in [0.3, 0.4) is 0 Å². The van der Waals surface area contributed by atoms with Gasteiger partial charge in [-0.3, -0.25) is 0 Å². The third-order valence-electron chi connectivity index (χ3n) is 2.83. The van der Waals surface area contributed by atoms with E-state index in [9.17, 15) is 18.0 Å². The SMILES string of the molecule is CC(C)c1c(Cl)c(C(=O)O)nn1-c1cc(F)c(F)cc1F. The molecule has 0 unspecified atom stereocenters. The van der Waals surface area contributed by atoms with Crippen LogP contribution in [0.15, 0.2) is 12.1 Å². The van der Waals surface area contributed by atoms with Crippen LogP contribution < -0.4 is 0 Å². The first-order valence-electron chi connectivity index (χ1n) is 5.90. The summed E-state index contributed by atoms with van der Waals surface area (Å²) in [4.78, 5) is 11.1. The molecule has 0 saturated carbocycles. The van der Waals surface area contributed by atoms with Crippen molar-refractivity contribution in [3.8, 4) is 5.69 Å². The highest BCUT2D eigenvalue weighted by Crippen LogP contribution is 2.31. The molecule has 21 heavy (non-hydrogen) atoms. The number of carboxylic acid groups (broad SMARTS) is 1. The number of carbonyl (C=O) groups is 1. The van der Waals surface area contributed by atoms with Gasteiger partial charge in [0.25, 0.3) is 0 Å². The molecule has 0 aliphatic rings. The maximum Gasteiger partial charge on any atom is 0.358 e. The van der Waals surface area contributed by atoms with Crippen LogP contribution in [0, 0.1) is 17.5 Å². The summed E-state index contributed by atoms with van der Waals surface area (Å²) in [6.45, 7) is 3.37. The van der Waals surface area contributed by atoms with Gasteiger partial charge in [0.05, 0.1) is 10.7 Å². The van der Waals surface area contributed by atoms with Crippen molar-refractivity contribution >= 4 is 17.6 Å². The molecule has 1 aromatic carbocycles. The Morgan fingerprint density at radius 1 is 1.24 bits per heavy atom. The summed E-state index contributed by atoms with van der Waals surface area (Å²) in [5.74, 6) is -5.41. The van der Waals surface area contributed by atoms with E-state index in [1.807, 2.05) is 0 Å². The van der Waals surface area contributed by atoms with Crippen molar-refractivity contribution in [1.29, 1.82) is 0 Å². The van der Waals surface area contributed by atoms with Crippen molar-refractivity contribution in [2.75, 3.05) is 0 Å². The molecule has 1 heterocycles. The van der Waals surface area contributed by atoms with E-state index in [0.29, 0.717) is 12.1 Å². The number of nitrogens with zero attached hydrogens (tertiary/aromatic N) is 2. The molecule has 0 amide bonds. The first-order chi connectivity index (χ1) is 9.73. The standard InChI is InChI=1S/C13H10ClF3N2O2/c1-5(2)12-10(14)11(13(20)21)18-19(12)9-4-7(16)6(15)3-8(9)17/h3-5H,1-2H3,(H,20,21). The van der Waals surface area contributed by atoms with Gasteiger partial charge in [0, 0.05) is 12.1 Å². The number of halogens is 4. The van der Waals surface area contributed by atoms with Gasteiger partial charge in [0.15, 0.2) is 23.1 Å². The predicted molar refractivity (Wildman–Crippen MR) is 69.5 cm³/mol. The van der Waals surface area contributed by atoms with E-state index < -0.39 is 34.8 Å². The molecule has 1 aromatic heterocycles. The van der Waals surface area contributed by atoms with Gasteiger partial charge in [0.1, 0.15) is 5.69 Å². The predicted octanol–water partition coefficient (Wildman–Crippen LogP) is 3.76. The Morgan fingerprint density at radius 3 is 2.33 bits per heavy atom. The van der Waals surface area contributed by atoms with Crippen LogP contribution in [0.2, 0.25) is 5.02 Å². The third kappa shape index (κ3) is 2.61. The Hall–Kier alpha value is -2.02. The number of aromatic carboxylic acids is 1. The molecular formula is C13H10ClF3N2O2. The topological polar surface area (TPSA) is 55.1 Å². The van der Waals surface area contributed by atoms with Gasteiger partial charge >= 0.3 is 5.97 Å².